The molecule has 0 spiro atoms. The number of amides is 1. The Morgan fingerprint density at radius 2 is 2.31 bits per heavy atom. The summed E-state index contributed by atoms with van der Waals surface area (Å²) in [4.78, 5) is 11.6. The van der Waals surface area contributed by atoms with Gasteiger partial charge in [-0.3, -0.25) is 4.79 Å². The first-order chi connectivity index (χ1) is 7.56. The number of hydrogen-bond acceptors (Lipinski definition) is 3. The van der Waals surface area contributed by atoms with E-state index in [1.165, 1.54) is 0 Å². The molecule has 2 unspecified atom stereocenters. The van der Waals surface area contributed by atoms with Gasteiger partial charge < -0.3 is 16.0 Å². The quantitative estimate of drug-likeness (QED) is 0.624. The Morgan fingerprint density at radius 3 is 2.88 bits per heavy atom. The lowest BCUT2D eigenvalue weighted by molar-refractivity contribution is -0.121. The van der Waals surface area contributed by atoms with Crippen LogP contribution in [0.5, 0.6) is 0 Å². The fourth-order valence-corrected chi connectivity index (χ4v) is 2.09. The van der Waals surface area contributed by atoms with Crippen LogP contribution in [0.3, 0.4) is 0 Å². The molecule has 16 heavy (non-hydrogen) atoms. The van der Waals surface area contributed by atoms with Crippen molar-refractivity contribution in [3.8, 4) is 0 Å². The molecule has 0 aromatic rings. The molecule has 0 aromatic carbocycles. The van der Waals surface area contributed by atoms with E-state index in [9.17, 15) is 4.79 Å². The Bertz CT molecular complexity index is 224. The van der Waals surface area contributed by atoms with Crippen LogP contribution in [0.25, 0.3) is 0 Å². The number of rotatable bonds is 6. The van der Waals surface area contributed by atoms with E-state index in [2.05, 4.69) is 36.7 Å². The molecular weight excluding hydrogens is 202 g/mol. The summed E-state index contributed by atoms with van der Waals surface area (Å²) in [6, 6.07) is 0.286. The lowest BCUT2D eigenvalue weighted by atomic mass is 10.0. The van der Waals surface area contributed by atoms with Crippen molar-refractivity contribution in [2.45, 2.75) is 51.6 Å². The molecule has 3 N–H and O–H groups in total. The van der Waals surface area contributed by atoms with Crippen LogP contribution in [-0.4, -0.2) is 37.1 Å². The molecule has 0 radical (unpaired) electrons. The molecule has 4 nitrogen and oxygen atoms in total. The second kappa shape index (κ2) is 6.21. The molecule has 1 aliphatic rings. The molecule has 0 aliphatic carbocycles. The summed E-state index contributed by atoms with van der Waals surface area (Å²) in [7, 11) is 0. The highest BCUT2D eigenvalue weighted by molar-refractivity contribution is 5.78. The van der Waals surface area contributed by atoms with E-state index >= 15 is 0 Å². The molecule has 1 aliphatic heterocycles. The Labute approximate surface area is 98.6 Å². The van der Waals surface area contributed by atoms with Crippen molar-refractivity contribution < 1.29 is 4.79 Å². The SMILES string of the molecule is CCCC(C)NC(=O)CNC1(C)CCNC1. The third kappa shape index (κ3) is 4.49. The van der Waals surface area contributed by atoms with Crippen LogP contribution in [0, 0.1) is 0 Å². The normalized spacial score (nSPS) is 26.7. The zero-order valence-electron chi connectivity index (χ0n) is 10.7. The van der Waals surface area contributed by atoms with Gasteiger partial charge in [0, 0.05) is 18.1 Å². The van der Waals surface area contributed by atoms with Gasteiger partial charge in [0.15, 0.2) is 0 Å². The fourth-order valence-electron chi connectivity index (χ4n) is 2.09. The van der Waals surface area contributed by atoms with Crippen LogP contribution in [0.4, 0.5) is 0 Å². The maximum atomic E-state index is 11.6. The molecule has 1 heterocycles. The minimum atomic E-state index is 0.0886. The number of carbonyl (C=O) groups excluding carboxylic acids is 1. The van der Waals surface area contributed by atoms with Crippen LogP contribution in [-0.2, 0) is 4.79 Å². The highest BCUT2D eigenvalue weighted by Crippen LogP contribution is 2.12. The lowest BCUT2D eigenvalue weighted by Crippen LogP contribution is -2.49. The van der Waals surface area contributed by atoms with E-state index in [4.69, 9.17) is 0 Å². The fraction of sp³-hybridized carbons (Fsp3) is 0.917. The van der Waals surface area contributed by atoms with E-state index in [0.29, 0.717) is 6.54 Å². The molecule has 0 aromatic heterocycles. The van der Waals surface area contributed by atoms with Crippen LogP contribution in [0.2, 0.25) is 0 Å². The molecule has 1 saturated heterocycles. The van der Waals surface area contributed by atoms with Gasteiger partial charge in [0.2, 0.25) is 5.91 Å². The van der Waals surface area contributed by atoms with Gasteiger partial charge in [0.1, 0.15) is 0 Å². The average Bonchev–Trinajstić information content (AvgIpc) is 2.63. The van der Waals surface area contributed by atoms with Gasteiger partial charge in [0.25, 0.3) is 0 Å². The zero-order chi connectivity index (χ0) is 12.0. The standard InChI is InChI=1S/C12H25N3O/c1-4-5-10(2)15-11(16)8-14-12(3)6-7-13-9-12/h10,13-14H,4-9H2,1-3H3,(H,15,16). The minimum Gasteiger partial charge on any atom is -0.353 e. The molecule has 4 heteroatoms. The predicted octanol–water partition coefficient (Wildman–Crippen LogP) is 0.633. The average molecular weight is 227 g/mol. The molecule has 1 amide bonds. The summed E-state index contributed by atoms with van der Waals surface area (Å²) in [5.74, 6) is 0.106. The summed E-state index contributed by atoms with van der Waals surface area (Å²) < 4.78 is 0. The van der Waals surface area contributed by atoms with Gasteiger partial charge in [-0.1, -0.05) is 13.3 Å². The van der Waals surface area contributed by atoms with Crippen molar-refractivity contribution in [1.29, 1.82) is 0 Å². The van der Waals surface area contributed by atoms with Gasteiger partial charge in [-0.15, -0.1) is 0 Å². The molecule has 1 rings (SSSR count). The summed E-state index contributed by atoms with van der Waals surface area (Å²) in [6.45, 7) is 8.76. The van der Waals surface area contributed by atoms with Crippen molar-refractivity contribution in [3.05, 3.63) is 0 Å². The van der Waals surface area contributed by atoms with Crippen molar-refractivity contribution in [2.24, 2.45) is 0 Å². The Hall–Kier alpha value is -0.610. The van der Waals surface area contributed by atoms with Crippen LogP contribution in [0.15, 0.2) is 0 Å². The van der Waals surface area contributed by atoms with Crippen molar-refractivity contribution in [2.75, 3.05) is 19.6 Å². The molecular formula is C12H25N3O. The molecule has 0 saturated carbocycles. The molecule has 2 atom stereocenters. The highest BCUT2D eigenvalue weighted by atomic mass is 16.1. The molecule has 94 valence electrons. The van der Waals surface area contributed by atoms with Crippen molar-refractivity contribution in [3.63, 3.8) is 0 Å². The number of nitrogens with one attached hydrogen (secondary N) is 3. The zero-order valence-corrected chi connectivity index (χ0v) is 10.7. The summed E-state index contributed by atoms with van der Waals surface area (Å²) >= 11 is 0. The van der Waals surface area contributed by atoms with Gasteiger partial charge in [-0.2, -0.15) is 0 Å². The molecule has 1 fully saturated rings. The van der Waals surface area contributed by atoms with E-state index in [1.807, 2.05) is 0 Å². The third-order valence-corrected chi connectivity index (χ3v) is 3.17. The highest BCUT2D eigenvalue weighted by Gasteiger charge is 2.28. The Kier molecular flexibility index (Phi) is 5.22. The Balaban J connectivity index is 2.19. The van der Waals surface area contributed by atoms with E-state index in [0.717, 1.165) is 32.4 Å². The maximum absolute atomic E-state index is 11.6. The first-order valence-corrected chi connectivity index (χ1v) is 6.31. The van der Waals surface area contributed by atoms with Gasteiger partial charge >= 0.3 is 0 Å². The van der Waals surface area contributed by atoms with E-state index < -0.39 is 0 Å². The summed E-state index contributed by atoms with van der Waals surface area (Å²) in [5, 5.41) is 9.63. The minimum absolute atomic E-state index is 0.0886. The van der Waals surface area contributed by atoms with E-state index in [1.54, 1.807) is 0 Å². The van der Waals surface area contributed by atoms with E-state index in [-0.39, 0.29) is 17.5 Å². The van der Waals surface area contributed by atoms with Crippen LogP contribution < -0.4 is 16.0 Å². The van der Waals surface area contributed by atoms with Crippen LogP contribution >= 0.6 is 0 Å². The predicted molar refractivity (Wildman–Crippen MR) is 66.4 cm³/mol. The van der Waals surface area contributed by atoms with Gasteiger partial charge in [-0.05, 0) is 33.2 Å². The number of hydrogen-bond donors (Lipinski definition) is 3. The van der Waals surface area contributed by atoms with Gasteiger partial charge in [-0.25, -0.2) is 0 Å². The lowest BCUT2D eigenvalue weighted by Gasteiger charge is -2.24. The second-order valence-electron chi connectivity index (χ2n) is 5.10. The monoisotopic (exact) mass is 227 g/mol. The van der Waals surface area contributed by atoms with Gasteiger partial charge in [0.05, 0.1) is 6.54 Å². The summed E-state index contributed by atoms with van der Waals surface area (Å²) in [6.07, 6.45) is 3.24. The smallest absolute Gasteiger partial charge is 0.234 e. The molecule has 0 bridgehead atoms. The van der Waals surface area contributed by atoms with Crippen molar-refractivity contribution in [1.82, 2.24) is 16.0 Å². The number of carbonyl (C=O) groups is 1. The topological polar surface area (TPSA) is 53.2 Å². The van der Waals surface area contributed by atoms with Crippen molar-refractivity contribution >= 4 is 5.91 Å². The third-order valence-electron chi connectivity index (χ3n) is 3.17. The first-order valence-electron chi connectivity index (χ1n) is 6.31. The first kappa shape index (κ1) is 13.5. The Morgan fingerprint density at radius 1 is 1.56 bits per heavy atom. The second-order valence-corrected chi connectivity index (χ2v) is 5.10. The maximum Gasteiger partial charge on any atom is 0.234 e. The van der Waals surface area contributed by atoms with Crippen LogP contribution in [0.1, 0.15) is 40.0 Å². The summed E-state index contributed by atoms with van der Waals surface area (Å²) in [5.41, 5.74) is 0.0886. The largest absolute Gasteiger partial charge is 0.353 e.